The lowest BCUT2D eigenvalue weighted by atomic mass is 10.1. The lowest BCUT2D eigenvalue weighted by Gasteiger charge is -2.14. The Morgan fingerprint density at radius 1 is 1.44 bits per heavy atom. The smallest absolute Gasteiger partial charge is 0.225 e. The summed E-state index contributed by atoms with van der Waals surface area (Å²) >= 11 is 0. The second-order valence-electron chi connectivity index (χ2n) is 4.17. The van der Waals surface area contributed by atoms with E-state index in [0.717, 1.165) is 30.5 Å². The van der Waals surface area contributed by atoms with Gasteiger partial charge in [0.05, 0.1) is 0 Å². The molecule has 0 spiro atoms. The van der Waals surface area contributed by atoms with E-state index in [1.54, 1.807) is 0 Å². The summed E-state index contributed by atoms with van der Waals surface area (Å²) in [5.74, 6) is 0.417. The molecule has 1 unspecified atom stereocenters. The van der Waals surface area contributed by atoms with E-state index in [-0.39, 0.29) is 6.04 Å². The predicted molar refractivity (Wildman–Crippen MR) is 60.0 cm³/mol. The monoisotopic (exact) mass is 218 g/mol. The summed E-state index contributed by atoms with van der Waals surface area (Å²) < 4.78 is 5.54. The molecule has 2 aromatic rings. The maximum Gasteiger partial charge on any atom is 0.225 e. The molecule has 1 fully saturated rings. The van der Waals surface area contributed by atoms with Crippen molar-refractivity contribution in [3.05, 3.63) is 30.2 Å². The topological polar surface area (TPSA) is 58.3 Å². The van der Waals surface area contributed by atoms with E-state index in [0.29, 0.717) is 5.89 Å². The van der Waals surface area contributed by atoms with Crippen molar-refractivity contribution in [2.75, 3.05) is 6.54 Å². The van der Waals surface area contributed by atoms with Crippen LogP contribution in [0.2, 0.25) is 0 Å². The first kappa shape index (κ1) is 9.81. The largest absolute Gasteiger partial charge is 0.438 e. The van der Waals surface area contributed by atoms with Crippen LogP contribution < -0.4 is 5.32 Å². The molecule has 4 heteroatoms. The number of hydrogen-bond donors (Lipinski definition) is 2. The highest BCUT2D eigenvalue weighted by molar-refractivity contribution is 5.72. The van der Waals surface area contributed by atoms with Crippen LogP contribution in [0, 0.1) is 0 Å². The third kappa shape index (κ3) is 1.60. The van der Waals surface area contributed by atoms with Crippen LogP contribution in [-0.4, -0.2) is 22.7 Å². The Morgan fingerprint density at radius 3 is 3.06 bits per heavy atom. The van der Waals surface area contributed by atoms with Crippen LogP contribution in [0.25, 0.3) is 11.1 Å². The molecule has 84 valence electrons. The van der Waals surface area contributed by atoms with E-state index in [9.17, 15) is 5.11 Å². The molecule has 3 rings (SSSR count). The first-order valence-corrected chi connectivity index (χ1v) is 5.61. The predicted octanol–water partition coefficient (Wildman–Crippen LogP) is 1.61. The summed E-state index contributed by atoms with van der Waals surface area (Å²) in [7, 11) is 0. The fourth-order valence-electron chi connectivity index (χ4n) is 2.17. The van der Waals surface area contributed by atoms with Gasteiger partial charge < -0.3 is 14.8 Å². The Hall–Kier alpha value is -1.39. The Kier molecular flexibility index (Phi) is 2.38. The molecule has 0 saturated carbocycles. The van der Waals surface area contributed by atoms with Crippen molar-refractivity contribution in [2.24, 2.45) is 0 Å². The van der Waals surface area contributed by atoms with Crippen molar-refractivity contribution >= 4 is 11.1 Å². The fourth-order valence-corrected chi connectivity index (χ4v) is 2.17. The van der Waals surface area contributed by atoms with Gasteiger partial charge in [0.1, 0.15) is 11.6 Å². The SMILES string of the molecule is OC(c1nc2ccccc2o1)[C@H]1CCCN1. The molecule has 0 bridgehead atoms. The number of aromatic nitrogens is 1. The van der Waals surface area contributed by atoms with Crippen molar-refractivity contribution < 1.29 is 9.52 Å². The van der Waals surface area contributed by atoms with E-state index >= 15 is 0 Å². The maximum atomic E-state index is 10.1. The van der Waals surface area contributed by atoms with Crippen LogP contribution in [0.3, 0.4) is 0 Å². The summed E-state index contributed by atoms with van der Waals surface area (Å²) in [5, 5.41) is 13.4. The highest BCUT2D eigenvalue weighted by Crippen LogP contribution is 2.25. The molecule has 2 heterocycles. The van der Waals surface area contributed by atoms with Crippen molar-refractivity contribution in [3.63, 3.8) is 0 Å². The minimum atomic E-state index is -0.644. The summed E-state index contributed by atoms with van der Waals surface area (Å²) in [4.78, 5) is 4.30. The number of hydrogen-bond acceptors (Lipinski definition) is 4. The van der Waals surface area contributed by atoms with Gasteiger partial charge in [0.15, 0.2) is 5.58 Å². The standard InChI is InChI=1S/C12H14N2O2/c15-11(9-5-3-7-13-9)12-14-8-4-1-2-6-10(8)16-12/h1-2,4,6,9,11,13,15H,3,5,7H2/t9-,11?/m1/s1. The molecule has 4 nitrogen and oxygen atoms in total. The number of aliphatic hydroxyl groups excluding tert-OH is 1. The molecular formula is C12H14N2O2. The zero-order valence-corrected chi connectivity index (χ0v) is 8.89. The summed E-state index contributed by atoms with van der Waals surface area (Å²) in [6.07, 6.45) is 1.43. The van der Waals surface area contributed by atoms with Crippen molar-refractivity contribution in [1.82, 2.24) is 10.3 Å². The number of benzene rings is 1. The quantitative estimate of drug-likeness (QED) is 0.804. The number of oxazole rings is 1. The molecular weight excluding hydrogens is 204 g/mol. The molecule has 1 saturated heterocycles. The minimum absolute atomic E-state index is 0.0769. The molecule has 16 heavy (non-hydrogen) atoms. The second-order valence-corrected chi connectivity index (χ2v) is 4.17. The van der Waals surface area contributed by atoms with Crippen molar-refractivity contribution in [2.45, 2.75) is 25.0 Å². The molecule has 1 aromatic carbocycles. The Bertz CT molecular complexity index is 455. The summed E-state index contributed by atoms with van der Waals surface area (Å²) in [6.45, 7) is 0.960. The van der Waals surface area contributed by atoms with Crippen molar-refractivity contribution in [3.8, 4) is 0 Å². The number of fused-ring (bicyclic) bond motifs is 1. The van der Waals surface area contributed by atoms with Gasteiger partial charge in [0.25, 0.3) is 0 Å². The first-order chi connectivity index (χ1) is 7.84. The van der Waals surface area contributed by atoms with Crippen molar-refractivity contribution in [1.29, 1.82) is 0 Å². The molecule has 0 radical (unpaired) electrons. The zero-order chi connectivity index (χ0) is 11.0. The van der Waals surface area contributed by atoms with Crippen LogP contribution in [-0.2, 0) is 0 Å². The van der Waals surface area contributed by atoms with Crippen LogP contribution >= 0.6 is 0 Å². The maximum absolute atomic E-state index is 10.1. The number of nitrogens with zero attached hydrogens (tertiary/aromatic N) is 1. The van der Waals surface area contributed by atoms with Gasteiger partial charge in [0, 0.05) is 6.04 Å². The molecule has 2 atom stereocenters. The third-order valence-electron chi connectivity index (χ3n) is 3.04. The van der Waals surface area contributed by atoms with Gasteiger partial charge in [-0.2, -0.15) is 0 Å². The normalized spacial score (nSPS) is 22.7. The van der Waals surface area contributed by atoms with Gasteiger partial charge in [-0.15, -0.1) is 0 Å². The van der Waals surface area contributed by atoms with Gasteiger partial charge in [-0.3, -0.25) is 0 Å². The van der Waals surface area contributed by atoms with Gasteiger partial charge in [-0.1, -0.05) is 12.1 Å². The van der Waals surface area contributed by atoms with Crippen LogP contribution in [0.15, 0.2) is 28.7 Å². The van der Waals surface area contributed by atoms with Gasteiger partial charge in [0.2, 0.25) is 5.89 Å². The summed E-state index contributed by atoms with van der Waals surface area (Å²) in [6, 6.07) is 7.64. The second kappa shape index (κ2) is 3.88. The number of para-hydroxylation sites is 2. The minimum Gasteiger partial charge on any atom is -0.438 e. The van der Waals surface area contributed by atoms with Gasteiger partial charge in [-0.25, -0.2) is 4.98 Å². The molecule has 1 aliphatic heterocycles. The zero-order valence-electron chi connectivity index (χ0n) is 8.89. The lowest BCUT2D eigenvalue weighted by molar-refractivity contribution is 0.109. The van der Waals surface area contributed by atoms with E-state index in [4.69, 9.17) is 4.42 Å². The molecule has 2 N–H and O–H groups in total. The van der Waals surface area contributed by atoms with E-state index in [2.05, 4.69) is 10.3 Å². The lowest BCUT2D eigenvalue weighted by Crippen LogP contribution is -2.28. The molecule has 0 amide bonds. The van der Waals surface area contributed by atoms with Gasteiger partial charge >= 0.3 is 0 Å². The first-order valence-electron chi connectivity index (χ1n) is 5.61. The highest BCUT2D eigenvalue weighted by atomic mass is 16.4. The van der Waals surface area contributed by atoms with Crippen LogP contribution in [0.5, 0.6) is 0 Å². The number of rotatable bonds is 2. The average Bonchev–Trinajstić information content (AvgIpc) is 2.97. The summed E-state index contributed by atoms with van der Waals surface area (Å²) in [5.41, 5.74) is 1.53. The van der Waals surface area contributed by atoms with E-state index in [1.165, 1.54) is 0 Å². The van der Waals surface area contributed by atoms with E-state index in [1.807, 2.05) is 24.3 Å². The Labute approximate surface area is 93.3 Å². The third-order valence-corrected chi connectivity index (χ3v) is 3.04. The fraction of sp³-hybridized carbons (Fsp3) is 0.417. The molecule has 1 aromatic heterocycles. The van der Waals surface area contributed by atoms with Crippen LogP contribution in [0.1, 0.15) is 24.8 Å². The average molecular weight is 218 g/mol. The van der Waals surface area contributed by atoms with E-state index < -0.39 is 6.10 Å². The number of nitrogens with one attached hydrogen (secondary N) is 1. The molecule has 1 aliphatic rings. The number of aliphatic hydroxyl groups is 1. The Morgan fingerprint density at radius 2 is 2.31 bits per heavy atom. The Balaban J connectivity index is 1.92. The highest BCUT2D eigenvalue weighted by Gasteiger charge is 2.27. The van der Waals surface area contributed by atoms with Gasteiger partial charge in [-0.05, 0) is 31.5 Å². The molecule has 0 aliphatic carbocycles. The van der Waals surface area contributed by atoms with Crippen LogP contribution in [0.4, 0.5) is 0 Å².